The summed E-state index contributed by atoms with van der Waals surface area (Å²) in [6.45, 7) is 23.4. The number of fused-ring (bicyclic) bond motifs is 7. The molecule has 0 unspecified atom stereocenters. The predicted molar refractivity (Wildman–Crippen MR) is 189 cm³/mol. The van der Waals surface area contributed by atoms with E-state index >= 15 is 0 Å². The Morgan fingerprint density at radius 1 is 0.936 bits per heavy atom. The zero-order chi connectivity index (χ0) is 34.2. The van der Waals surface area contributed by atoms with Gasteiger partial charge in [0.05, 0.1) is 12.8 Å². The molecular weight excluding hydrogens is 584 g/mol. The Kier molecular flexibility index (Phi) is 8.77. The molecular formula is C41H64N2O4. The van der Waals surface area contributed by atoms with E-state index in [1.54, 1.807) is 0 Å². The van der Waals surface area contributed by atoms with Crippen molar-refractivity contribution in [1.82, 2.24) is 0 Å². The lowest BCUT2D eigenvalue weighted by atomic mass is 9.32. The zero-order valence-electron chi connectivity index (χ0n) is 30.9. The summed E-state index contributed by atoms with van der Waals surface area (Å²) < 4.78 is 6.28. The molecule has 0 aromatic rings. The van der Waals surface area contributed by atoms with Gasteiger partial charge < -0.3 is 9.84 Å². The summed E-state index contributed by atoms with van der Waals surface area (Å²) in [4.78, 5) is 24.6. The molecule has 0 bridgehead atoms. The molecule has 5 saturated carbocycles. The summed E-state index contributed by atoms with van der Waals surface area (Å²) in [5, 5.41) is 18.0. The summed E-state index contributed by atoms with van der Waals surface area (Å²) in [6.07, 6.45) is 17.7. The Morgan fingerprint density at radius 3 is 2.34 bits per heavy atom. The highest BCUT2D eigenvalue weighted by Crippen LogP contribution is 2.78. The number of hydrogen-bond acceptors (Lipinski definition) is 5. The lowest BCUT2D eigenvalue weighted by Gasteiger charge is -2.73. The van der Waals surface area contributed by atoms with E-state index in [4.69, 9.17) is 4.74 Å². The maximum atomic E-state index is 13.2. The van der Waals surface area contributed by atoms with E-state index in [0.29, 0.717) is 34.0 Å². The molecule has 0 aromatic heterocycles. The number of esters is 1. The molecule has 6 aliphatic rings. The van der Waals surface area contributed by atoms with Crippen molar-refractivity contribution in [1.29, 1.82) is 0 Å². The van der Waals surface area contributed by atoms with Crippen molar-refractivity contribution in [2.75, 3.05) is 0 Å². The number of allylic oxidation sites excluding steroid dienone is 1. The topological polar surface area (TPSA) is 88.3 Å². The van der Waals surface area contributed by atoms with Crippen molar-refractivity contribution in [3.05, 3.63) is 12.2 Å². The zero-order valence-corrected chi connectivity index (χ0v) is 30.9. The van der Waals surface area contributed by atoms with Crippen LogP contribution in [-0.4, -0.2) is 35.1 Å². The molecule has 1 N–H and O–H groups in total. The van der Waals surface area contributed by atoms with Crippen molar-refractivity contribution >= 4 is 23.9 Å². The normalized spacial score (nSPS) is 43.6. The van der Waals surface area contributed by atoms with Gasteiger partial charge in [0.25, 0.3) is 0 Å². The number of carboxylic acids is 1. The second-order valence-corrected chi connectivity index (χ2v) is 19.5. The lowest BCUT2D eigenvalue weighted by molar-refractivity contribution is -0.250. The minimum atomic E-state index is -0.869. The fraction of sp³-hybridized carbons (Fsp3) is 0.854. The first-order valence-electron chi connectivity index (χ1n) is 19.0. The highest BCUT2D eigenvalue weighted by atomic mass is 16.5. The number of carboxylic acid groups (broad SMARTS) is 1. The summed E-state index contributed by atoms with van der Waals surface area (Å²) >= 11 is 0. The van der Waals surface area contributed by atoms with Crippen LogP contribution in [0.5, 0.6) is 0 Å². The van der Waals surface area contributed by atoms with Gasteiger partial charge in [0.15, 0.2) is 0 Å². The summed E-state index contributed by atoms with van der Waals surface area (Å²) in [5.41, 5.74) is 3.18. The molecule has 47 heavy (non-hydrogen) atoms. The molecule has 0 amide bonds. The van der Waals surface area contributed by atoms with Gasteiger partial charge >= 0.3 is 11.9 Å². The highest BCUT2D eigenvalue weighted by Gasteiger charge is 2.71. The van der Waals surface area contributed by atoms with Gasteiger partial charge in [0, 0.05) is 23.8 Å². The molecule has 10 atom stereocenters. The van der Waals surface area contributed by atoms with Gasteiger partial charge in [-0.3, -0.25) is 9.59 Å². The molecule has 0 aromatic carbocycles. The maximum Gasteiger partial charge on any atom is 0.306 e. The number of ether oxygens (including phenoxy) is 1. The van der Waals surface area contributed by atoms with Crippen LogP contribution in [0.2, 0.25) is 0 Å². The monoisotopic (exact) mass is 648 g/mol. The lowest BCUT2D eigenvalue weighted by Crippen LogP contribution is -2.66. The Hall–Kier alpha value is -1.98. The Balaban J connectivity index is 1.23. The Morgan fingerprint density at radius 2 is 1.68 bits per heavy atom. The molecule has 0 spiro atoms. The van der Waals surface area contributed by atoms with E-state index in [2.05, 4.69) is 58.3 Å². The molecule has 0 saturated heterocycles. The van der Waals surface area contributed by atoms with Crippen molar-refractivity contribution in [2.45, 2.75) is 158 Å². The fourth-order valence-electron chi connectivity index (χ4n) is 13.8. The molecule has 5 fully saturated rings. The number of carbonyl (C=O) groups excluding carboxylic acids is 1. The van der Waals surface area contributed by atoms with Gasteiger partial charge in [0.1, 0.15) is 6.10 Å². The predicted octanol–water partition coefficient (Wildman–Crippen LogP) is 10.1. The van der Waals surface area contributed by atoms with Crippen LogP contribution in [0.25, 0.3) is 0 Å². The first-order valence-corrected chi connectivity index (χ1v) is 19.0. The number of rotatable bonds is 9. The van der Waals surface area contributed by atoms with E-state index in [-0.39, 0.29) is 35.7 Å². The van der Waals surface area contributed by atoms with Gasteiger partial charge in [0.2, 0.25) is 0 Å². The van der Waals surface area contributed by atoms with Crippen molar-refractivity contribution < 1.29 is 19.4 Å². The van der Waals surface area contributed by atoms with Crippen LogP contribution in [0.3, 0.4) is 0 Å². The van der Waals surface area contributed by atoms with Gasteiger partial charge in [-0.05, 0) is 141 Å². The Bertz CT molecular complexity index is 1350. The van der Waals surface area contributed by atoms with Crippen molar-refractivity contribution in [2.24, 2.45) is 72.3 Å². The van der Waals surface area contributed by atoms with E-state index in [0.717, 1.165) is 37.5 Å². The standard InChI is InChI=1S/C41H64N2O4/c1-26(2)28-13-20-41(19-12-27-16-23-42-43-27)22-21-39(8)29(35(28)41)10-11-31-38(7)17-15-32(37(5,6)30(38)14-18-40(31,39)9)47-34(46)25-36(3,4)24-33(44)45/h23,28-32,35H,1,10-22,24-25H2,2-9H3,(H,44,45)/t28-,29+,30-,31+,32-,35+,38-,39+,40+,41+/m0/s1. The third-order valence-corrected chi connectivity index (χ3v) is 16.2. The largest absolute Gasteiger partial charge is 0.481 e. The first kappa shape index (κ1) is 34.9. The van der Waals surface area contributed by atoms with Gasteiger partial charge in [-0.25, -0.2) is 0 Å². The van der Waals surface area contributed by atoms with Crippen molar-refractivity contribution in [3.63, 3.8) is 0 Å². The van der Waals surface area contributed by atoms with Crippen LogP contribution in [0.1, 0.15) is 152 Å². The molecule has 0 radical (unpaired) electrons. The number of aliphatic carboxylic acids is 1. The van der Waals surface area contributed by atoms with Crippen LogP contribution >= 0.6 is 0 Å². The highest BCUT2D eigenvalue weighted by molar-refractivity contribution is 5.98. The van der Waals surface area contributed by atoms with E-state index in [1.807, 2.05) is 20.1 Å². The summed E-state index contributed by atoms with van der Waals surface area (Å²) in [7, 11) is 0. The second-order valence-electron chi connectivity index (χ2n) is 19.5. The van der Waals surface area contributed by atoms with Gasteiger partial charge in [-0.15, -0.1) is 0 Å². The van der Waals surface area contributed by atoms with Crippen LogP contribution < -0.4 is 0 Å². The van der Waals surface area contributed by atoms with Crippen molar-refractivity contribution in [3.8, 4) is 0 Å². The van der Waals surface area contributed by atoms with Crippen LogP contribution in [0, 0.1) is 62.1 Å². The molecule has 5 aliphatic carbocycles. The third-order valence-electron chi connectivity index (χ3n) is 16.2. The molecule has 6 heteroatoms. The number of carbonyl (C=O) groups is 2. The van der Waals surface area contributed by atoms with E-state index < -0.39 is 11.4 Å². The minimum Gasteiger partial charge on any atom is -0.481 e. The van der Waals surface area contributed by atoms with Gasteiger partial charge in [-0.1, -0.05) is 60.6 Å². The van der Waals surface area contributed by atoms with Gasteiger partial charge in [-0.2, -0.15) is 10.2 Å². The SMILES string of the molecule is C=C(C)[C@@H]1CC[C@]2(CCC3=NN=CC3)CC[C@]3(C)[C@H](CC[C@@H]4[C@@]5(C)CC[C@H](OC(=O)CC(C)(C)CC(=O)O)C(C)(C)[C@@H]5CC[C@]43C)[C@@H]12. The summed E-state index contributed by atoms with van der Waals surface area (Å²) in [5.74, 6) is 2.16. The average Bonchev–Trinajstić information content (AvgIpc) is 3.61. The minimum absolute atomic E-state index is 0.0315. The molecule has 1 aliphatic heterocycles. The van der Waals surface area contributed by atoms with Crippen LogP contribution in [0.4, 0.5) is 0 Å². The molecule has 6 nitrogen and oxygen atoms in total. The average molecular weight is 649 g/mol. The number of nitrogens with zero attached hydrogens (tertiary/aromatic N) is 2. The Labute approximate surface area is 285 Å². The summed E-state index contributed by atoms with van der Waals surface area (Å²) in [6, 6.07) is 0. The first-order chi connectivity index (χ1) is 21.9. The van der Waals surface area contributed by atoms with Crippen LogP contribution in [0.15, 0.2) is 22.4 Å². The third kappa shape index (κ3) is 5.58. The van der Waals surface area contributed by atoms with E-state index in [1.165, 1.54) is 69.1 Å². The second kappa shape index (κ2) is 11.8. The molecule has 262 valence electrons. The molecule has 1 heterocycles. The number of hydrogen-bond donors (Lipinski definition) is 1. The van der Waals surface area contributed by atoms with E-state index in [9.17, 15) is 14.7 Å². The fourth-order valence-corrected chi connectivity index (χ4v) is 13.8. The molecule has 6 rings (SSSR count). The smallest absolute Gasteiger partial charge is 0.306 e. The van der Waals surface area contributed by atoms with Crippen LogP contribution in [-0.2, 0) is 14.3 Å². The quantitative estimate of drug-likeness (QED) is 0.199. The maximum absolute atomic E-state index is 13.2.